The average Bonchev–Trinajstić information content (AvgIpc) is 2.69. The first-order valence-electron chi connectivity index (χ1n) is 10.2. The largest absolute Gasteiger partial charge is 0.490 e. The van der Waals surface area contributed by atoms with Gasteiger partial charge in [-0.1, -0.05) is 31.2 Å². The molecule has 1 heterocycles. The van der Waals surface area contributed by atoms with Gasteiger partial charge in [-0.3, -0.25) is 0 Å². The van der Waals surface area contributed by atoms with Crippen LogP contribution >= 0.6 is 11.6 Å². The van der Waals surface area contributed by atoms with Crippen LogP contribution in [0.25, 0.3) is 0 Å². The van der Waals surface area contributed by atoms with Crippen molar-refractivity contribution in [2.24, 2.45) is 5.92 Å². The number of hydrogen-bond donors (Lipinski definition) is 1. The third-order valence-electron chi connectivity index (χ3n) is 7.06. The number of hydrogen-bond acceptors (Lipinski definition) is 4. The predicted molar refractivity (Wildman–Crippen MR) is 118 cm³/mol. The van der Waals surface area contributed by atoms with Crippen LogP contribution < -0.4 is 4.74 Å². The molecule has 0 aromatic heterocycles. The minimum absolute atomic E-state index is 0.0168. The Hall–Kier alpha value is -1.48. The Bertz CT molecular complexity index is 1130. The summed E-state index contributed by atoms with van der Waals surface area (Å²) in [6, 6.07) is 7.58. The van der Waals surface area contributed by atoms with Gasteiger partial charge < -0.3 is 9.84 Å². The molecule has 2 aromatic carbocycles. The van der Waals surface area contributed by atoms with E-state index < -0.39 is 45.4 Å². The van der Waals surface area contributed by atoms with Crippen molar-refractivity contribution in [2.45, 2.75) is 53.8 Å². The zero-order valence-corrected chi connectivity index (χ0v) is 20.2. The zero-order valence-electron chi connectivity index (χ0n) is 17.6. The highest BCUT2D eigenvalue weighted by atomic mass is 35.5. The zero-order chi connectivity index (χ0) is 22.8. The van der Waals surface area contributed by atoms with Crippen LogP contribution in [0, 0.1) is 17.6 Å². The molecular formula is C22H25ClF2O4SSi. The van der Waals surface area contributed by atoms with Crippen LogP contribution in [0.4, 0.5) is 8.78 Å². The van der Waals surface area contributed by atoms with E-state index in [0.29, 0.717) is 5.02 Å². The first kappa shape index (κ1) is 22.7. The summed E-state index contributed by atoms with van der Waals surface area (Å²) in [4.78, 5) is -0.0168. The van der Waals surface area contributed by atoms with Crippen molar-refractivity contribution in [2.75, 3.05) is 6.61 Å². The number of sulfone groups is 1. The molecule has 1 N–H and O–H groups in total. The lowest BCUT2D eigenvalue weighted by Crippen LogP contribution is -2.62. The molecule has 4 nitrogen and oxygen atoms in total. The van der Waals surface area contributed by atoms with Gasteiger partial charge in [0.1, 0.15) is 10.6 Å². The van der Waals surface area contributed by atoms with Crippen molar-refractivity contribution in [3.63, 3.8) is 0 Å². The molecule has 1 saturated carbocycles. The third kappa shape index (κ3) is 3.25. The molecule has 168 valence electrons. The van der Waals surface area contributed by atoms with Gasteiger partial charge in [0, 0.05) is 10.9 Å². The summed E-state index contributed by atoms with van der Waals surface area (Å²) in [5, 5.41) is 10.8. The number of ether oxygens (including phenoxy) is 1. The predicted octanol–water partition coefficient (Wildman–Crippen LogP) is 5.09. The maximum Gasteiger partial charge on any atom is 0.188 e. The van der Waals surface area contributed by atoms with Crippen molar-refractivity contribution < 1.29 is 27.0 Å². The highest BCUT2D eigenvalue weighted by Gasteiger charge is 2.63. The van der Waals surface area contributed by atoms with Gasteiger partial charge in [-0.25, -0.2) is 17.2 Å². The van der Waals surface area contributed by atoms with E-state index in [4.69, 9.17) is 16.3 Å². The highest BCUT2D eigenvalue weighted by Crippen LogP contribution is 2.59. The van der Waals surface area contributed by atoms with E-state index in [2.05, 4.69) is 0 Å². The smallest absolute Gasteiger partial charge is 0.188 e. The number of rotatable bonds is 3. The fourth-order valence-corrected chi connectivity index (χ4v) is 9.23. The highest BCUT2D eigenvalue weighted by molar-refractivity contribution is 7.92. The summed E-state index contributed by atoms with van der Waals surface area (Å²) in [6.45, 7) is 5.94. The fourth-order valence-electron chi connectivity index (χ4n) is 5.04. The van der Waals surface area contributed by atoms with Crippen molar-refractivity contribution in [1.82, 2.24) is 0 Å². The SMILES string of the molecule is C[Si](C)(C)C1(O)CC[C@@]2(S(=O)(=O)c3ccc(Cl)cc3)c3c(F)ccc(F)c3OC[C@H]2C1. The summed E-state index contributed by atoms with van der Waals surface area (Å²) in [5.41, 5.74) is -0.267. The molecule has 3 atom stereocenters. The van der Waals surface area contributed by atoms with Gasteiger partial charge in [0.25, 0.3) is 0 Å². The minimum Gasteiger partial charge on any atom is -0.490 e. The first-order valence-corrected chi connectivity index (χ1v) is 15.5. The Morgan fingerprint density at radius 3 is 2.29 bits per heavy atom. The number of fused-ring (bicyclic) bond motifs is 3. The van der Waals surface area contributed by atoms with Crippen molar-refractivity contribution in [1.29, 1.82) is 0 Å². The Kier molecular flexibility index (Phi) is 5.32. The van der Waals surface area contributed by atoms with Crippen molar-refractivity contribution >= 4 is 29.5 Å². The van der Waals surface area contributed by atoms with E-state index in [1.807, 2.05) is 19.6 Å². The number of halogens is 3. The molecule has 1 fully saturated rings. The summed E-state index contributed by atoms with van der Waals surface area (Å²) in [5.74, 6) is -2.71. The van der Waals surface area contributed by atoms with Gasteiger partial charge in [-0.15, -0.1) is 0 Å². The summed E-state index contributed by atoms with van der Waals surface area (Å²) in [7, 11) is -6.32. The summed E-state index contributed by atoms with van der Waals surface area (Å²) < 4.78 is 61.8. The van der Waals surface area contributed by atoms with Crippen LogP contribution in [0.2, 0.25) is 24.7 Å². The first-order chi connectivity index (χ1) is 14.3. The van der Waals surface area contributed by atoms with E-state index in [1.54, 1.807) is 0 Å². The van der Waals surface area contributed by atoms with Crippen molar-refractivity contribution in [3.05, 3.63) is 58.6 Å². The lowest BCUT2D eigenvalue weighted by Gasteiger charge is -2.54. The Balaban J connectivity index is 1.99. The molecule has 0 spiro atoms. The maximum atomic E-state index is 15.2. The molecule has 0 radical (unpaired) electrons. The third-order valence-corrected chi connectivity index (χ3v) is 13.2. The second-order valence-corrected chi connectivity index (χ2v) is 17.6. The van der Waals surface area contributed by atoms with E-state index in [9.17, 15) is 17.9 Å². The van der Waals surface area contributed by atoms with Crippen LogP contribution in [-0.4, -0.2) is 33.4 Å². The second kappa shape index (κ2) is 7.27. The van der Waals surface area contributed by atoms with Gasteiger partial charge >= 0.3 is 0 Å². The van der Waals surface area contributed by atoms with Gasteiger partial charge in [0.05, 0.1) is 30.4 Å². The van der Waals surface area contributed by atoms with Gasteiger partial charge in [-0.2, -0.15) is 0 Å². The standard InChI is InChI=1S/C22H25ClF2O4SSi/c1-31(2,3)21(26)10-11-22(30(27,28)16-6-4-15(23)5-7-16)14(12-21)13-29-20-18(25)9-8-17(24)19(20)22/h4-9,14,26H,10-13H2,1-3H3/t14-,21?,22+/m1/s1. The monoisotopic (exact) mass is 486 g/mol. The maximum absolute atomic E-state index is 15.2. The molecule has 1 aliphatic heterocycles. The number of aliphatic hydroxyl groups is 1. The van der Waals surface area contributed by atoms with E-state index in [1.165, 1.54) is 24.3 Å². The minimum atomic E-state index is -4.19. The van der Waals surface area contributed by atoms with Crippen LogP contribution in [0.1, 0.15) is 24.8 Å². The van der Waals surface area contributed by atoms with Crippen LogP contribution in [0.5, 0.6) is 5.75 Å². The molecule has 2 aromatic rings. The lowest BCUT2D eigenvalue weighted by molar-refractivity contribution is 0.00392. The fraction of sp³-hybridized carbons (Fsp3) is 0.455. The van der Waals surface area contributed by atoms with Crippen molar-refractivity contribution in [3.8, 4) is 5.75 Å². The molecule has 1 aliphatic carbocycles. The summed E-state index contributed by atoms with van der Waals surface area (Å²) in [6.07, 6.45) is 0.298. The quantitative estimate of drug-likeness (QED) is 0.614. The lowest BCUT2D eigenvalue weighted by atomic mass is 9.71. The molecule has 4 rings (SSSR count). The normalized spacial score (nSPS) is 28.4. The van der Waals surface area contributed by atoms with Crippen LogP contribution in [-0.2, 0) is 14.6 Å². The second-order valence-electron chi connectivity index (χ2n) is 9.57. The van der Waals surface area contributed by atoms with Gasteiger partial charge in [0.2, 0.25) is 0 Å². The van der Waals surface area contributed by atoms with E-state index in [0.717, 1.165) is 12.1 Å². The Morgan fingerprint density at radius 1 is 1.06 bits per heavy atom. The molecule has 9 heteroatoms. The van der Waals surface area contributed by atoms with Gasteiger partial charge in [-0.05, 0) is 55.7 Å². The summed E-state index contributed by atoms with van der Waals surface area (Å²) >= 11 is 5.95. The molecular weight excluding hydrogens is 462 g/mol. The van der Waals surface area contributed by atoms with E-state index in [-0.39, 0.29) is 42.1 Å². The average molecular weight is 487 g/mol. The Labute approximate surface area is 187 Å². The number of benzene rings is 2. The molecule has 0 saturated heterocycles. The van der Waals surface area contributed by atoms with Crippen LogP contribution in [0.15, 0.2) is 41.3 Å². The molecule has 2 aliphatic rings. The van der Waals surface area contributed by atoms with E-state index >= 15 is 4.39 Å². The molecule has 31 heavy (non-hydrogen) atoms. The molecule has 0 amide bonds. The molecule has 0 bridgehead atoms. The Morgan fingerprint density at radius 2 is 1.68 bits per heavy atom. The molecule has 1 unspecified atom stereocenters. The topological polar surface area (TPSA) is 63.6 Å². The van der Waals surface area contributed by atoms with Gasteiger partial charge in [0.15, 0.2) is 21.4 Å². The van der Waals surface area contributed by atoms with Crippen LogP contribution in [0.3, 0.4) is 0 Å².